The van der Waals surface area contributed by atoms with Crippen molar-refractivity contribution < 1.29 is 30.3 Å². The minimum atomic E-state index is -0.452. The zero-order valence-corrected chi connectivity index (χ0v) is 49.7. The second-order valence-corrected chi connectivity index (χ2v) is 22.8. The van der Waals surface area contributed by atoms with Crippen LogP contribution < -0.4 is 5.32 Å². The highest BCUT2D eigenvalue weighted by atomic mass is 16.3. The van der Waals surface area contributed by atoms with Gasteiger partial charge < -0.3 is 30.8 Å². The maximum absolute atomic E-state index is 12.9. The van der Waals surface area contributed by atoms with E-state index in [2.05, 4.69) is 66.5 Å². The molecule has 1 amide bonds. The number of carbonyl (C=O) groups excluding carboxylic acids is 1. The summed E-state index contributed by atoms with van der Waals surface area (Å²) in [6.07, 6.45) is 38.6. The van der Waals surface area contributed by atoms with Crippen molar-refractivity contribution in [2.75, 3.05) is 85.1 Å². The molecular formula is C62H129N5O6. The summed E-state index contributed by atoms with van der Waals surface area (Å²) in [6.45, 7) is 21.6. The van der Waals surface area contributed by atoms with Crippen LogP contribution in [0.4, 0.5) is 0 Å². The molecule has 0 saturated heterocycles. The van der Waals surface area contributed by atoms with Gasteiger partial charge in [0.25, 0.3) is 0 Å². The topological polar surface area (TPSA) is 143 Å². The molecule has 0 aliphatic carbocycles. The minimum Gasteiger partial charge on any atom is -0.392 e. The maximum Gasteiger partial charge on any atom is 0.221 e. The van der Waals surface area contributed by atoms with E-state index in [0.29, 0.717) is 71.9 Å². The Hall–Kier alpha value is -0.890. The standard InChI is InChI=1S/C62H129N5O6/c1-7-13-18-23-28-33-38-57(68)52-65(45-43-62(73)63-44-12-6)49-46-64(47-50-66(53-58(69)39-34-29-24-19-14-8-2)54-59(70)40-35-30-25-20-15-9-3)48-51-67(55-60(71)41-36-31-26-21-16-10-4)56-61(72)42-37-32-27-22-17-11-5/h57-61,68-72H,7-56H2,1-6H3,(H,63,73). The average Bonchev–Trinajstić information content (AvgIpc) is 3.37. The number of carbonyl (C=O) groups is 1. The first kappa shape index (κ1) is 72.1. The predicted molar refractivity (Wildman–Crippen MR) is 314 cm³/mol. The van der Waals surface area contributed by atoms with Crippen molar-refractivity contribution in [3.05, 3.63) is 0 Å². The van der Waals surface area contributed by atoms with Crippen molar-refractivity contribution in [1.29, 1.82) is 0 Å². The van der Waals surface area contributed by atoms with Crippen LogP contribution in [0.25, 0.3) is 0 Å². The second kappa shape index (κ2) is 54.5. The molecule has 0 aromatic heterocycles. The summed E-state index contributed by atoms with van der Waals surface area (Å²) < 4.78 is 0. The number of unbranched alkanes of at least 4 members (excludes halogenated alkanes) is 25. The van der Waals surface area contributed by atoms with E-state index in [1.807, 2.05) is 0 Å². The van der Waals surface area contributed by atoms with Gasteiger partial charge in [-0.05, 0) is 38.5 Å². The third-order valence-corrected chi connectivity index (χ3v) is 15.2. The number of hydrogen-bond acceptors (Lipinski definition) is 10. The quantitative estimate of drug-likeness (QED) is 0.0326. The van der Waals surface area contributed by atoms with Crippen LogP contribution in [-0.4, -0.2) is 167 Å². The number of nitrogens with zero attached hydrogens (tertiary/aromatic N) is 4. The van der Waals surface area contributed by atoms with E-state index in [4.69, 9.17) is 0 Å². The van der Waals surface area contributed by atoms with Crippen molar-refractivity contribution in [3.8, 4) is 0 Å². The van der Waals surface area contributed by atoms with Crippen molar-refractivity contribution in [1.82, 2.24) is 24.9 Å². The lowest BCUT2D eigenvalue weighted by molar-refractivity contribution is -0.121. The van der Waals surface area contributed by atoms with Gasteiger partial charge in [-0.2, -0.15) is 0 Å². The van der Waals surface area contributed by atoms with Crippen LogP contribution in [0.3, 0.4) is 0 Å². The summed E-state index contributed by atoms with van der Waals surface area (Å²) in [5.74, 6) is 0.0541. The molecule has 0 radical (unpaired) electrons. The summed E-state index contributed by atoms with van der Waals surface area (Å²) >= 11 is 0. The smallest absolute Gasteiger partial charge is 0.221 e. The Kier molecular flexibility index (Phi) is 53.8. The average molecular weight is 1040 g/mol. The van der Waals surface area contributed by atoms with E-state index in [-0.39, 0.29) is 5.91 Å². The summed E-state index contributed by atoms with van der Waals surface area (Å²) in [5, 5.41) is 60.2. The third-order valence-electron chi connectivity index (χ3n) is 15.2. The van der Waals surface area contributed by atoms with Gasteiger partial charge in [-0.1, -0.05) is 234 Å². The largest absolute Gasteiger partial charge is 0.392 e. The number of amides is 1. The Bertz CT molecular complexity index is 1020. The third kappa shape index (κ3) is 49.2. The lowest BCUT2D eigenvalue weighted by Crippen LogP contribution is -2.48. The molecule has 0 saturated carbocycles. The van der Waals surface area contributed by atoms with E-state index >= 15 is 0 Å². The number of hydrogen-bond donors (Lipinski definition) is 6. The molecule has 0 aliphatic rings. The maximum atomic E-state index is 12.9. The molecular weight excluding hydrogens is 911 g/mol. The first-order valence-corrected chi connectivity index (χ1v) is 32.1. The predicted octanol–water partition coefficient (Wildman–Crippen LogP) is 12.7. The first-order valence-electron chi connectivity index (χ1n) is 32.1. The van der Waals surface area contributed by atoms with E-state index in [1.54, 1.807) is 0 Å². The van der Waals surface area contributed by atoms with Gasteiger partial charge in [0.2, 0.25) is 5.91 Å². The first-order chi connectivity index (χ1) is 35.5. The lowest BCUT2D eigenvalue weighted by Gasteiger charge is -2.34. The Morgan fingerprint density at radius 3 is 0.808 bits per heavy atom. The van der Waals surface area contributed by atoms with E-state index in [9.17, 15) is 30.3 Å². The van der Waals surface area contributed by atoms with E-state index in [0.717, 1.165) is 122 Å². The van der Waals surface area contributed by atoms with Crippen molar-refractivity contribution in [3.63, 3.8) is 0 Å². The van der Waals surface area contributed by atoms with Gasteiger partial charge in [0, 0.05) is 91.5 Å². The van der Waals surface area contributed by atoms with Crippen LogP contribution in [0, 0.1) is 0 Å². The van der Waals surface area contributed by atoms with Gasteiger partial charge in [0.1, 0.15) is 0 Å². The highest BCUT2D eigenvalue weighted by molar-refractivity contribution is 5.76. The van der Waals surface area contributed by atoms with Crippen LogP contribution in [0.15, 0.2) is 0 Å². The molecule has 11 nitrogen and oxygen atoms in total. The van der Waals surface area contributed by atoms with Gasteiger partial charge in [-0.25, -0.2) is 0 Å². The zero-order chi connectivity index (χ0) is 53.8. The second-order valence-electron chi connectivity index (χ2n) is 22.8. The molecule has 0 aliphatic heterocycles. The fraction of sp³-hybridized carbons (Fsp3) is 0.984. The van der Waals surface area contributed by atoms with Crippen LogP contribution >= 0.6 is 0 Å². The lowest BCUT2D eigenvalue weighted by atomic mass is 10.1. The van der Waals surface area contributed by atoms with Crippen LogP contribution in [0.2, 0.25) is 0 Å². The number of nitrogens with one attached hydrogen (secondary N) is 1. The molecule has 0 aromatic carbocycles. The van der Waals surface area contributed by atoms with Crippen LogP contribution in [0.1, 0.15) is 279 Å². The zero-order valence-electron chi connectivity index (χ0n) is 49.7. The van der Waals surface area contributed by atoms with Crippen LogP contribution in [0.5, 0.6) is 0 Å². The monoisotopic (exact) mass is 1040 g/mol. The number of rotatable bonds is 59. The fourth-order valence-electron chi connectivity index (χ4n) is 10.4. The van der Waals surface area contributed by atoms with E-state index in [1.165, 1.54) is 128 Å². The highest BCUT2D eigenvalue weighted by Gasteiger charge is 2.22. The minimum absolute atomic E-state index is 0.0541. The van der Waals surface area contributed by atoms with Gasteiger partial charge in [0.05, 0.1) is 30.5 Å². The normalized spacial score (nSPS) is 14.2. The summed E-state index contributed by atoms with van der Waals surface area (Å²) in [4.78, 5) is 22.3. The summed E-state index contributed by atoms with van der Waals surface area (Å²) in [5.41, 5.74) is 0. The van der Waals surface area contributed by atoms with Crippen LogP contribution in [-0.2, 0) is 4.79 Å². The Labute approximate surface area is 454 Å². The van der Waals surface area contributed by atoms with Crippen molar-refractivity contribution in [2.24, 2.45) is 0 Å². The summed E-state index contributed by atoms with van der Waals surface area (Å²) in [7, 11) is 0. The van der Waals surface area contributed by atoms with Gasteiger partial charge in [0.15, 0.2) is 0 Å². The van der Waals surface area contributed by atoms with Gasteiger partial charge >= 0.3 is 0 Å². The molecule has 0 bridgehead atoms. The molecule has 73 heavy (non-hydrogen) atoms. The molecule has 0 heterocycles. The van der Waals surface area contributed by atoms with Gasteiger partial charge in [-0.15, -0.1) is 0 Å². The van der Waals surface area contributed by atoms with Gasteiger partial charge in [-0.3, -0.25) is 24.4 Å². The Morgan fingerprint density at radius 2 is 0.534 bits per heavy atom. The molecule has 438 valence electrons. The Morgan fingerprint density at radius 1 is 0.301 bits per heavy atom. The number of aliphatic hydroxyl groups excluding tert-OH is 5. The molecule has 0 rings (SSSR count). The molecule has 5 unspecified atom stereocenters. The Balaban J connectivity index is 6.51. The summed E-state index contributed by atoms with van der Waals surface area (Å²) in [6, 6.07) is 0. The molecule has 0 spiro atoms. The SMILES string of the molecule is CCCCCCCCC(O)CN(CCC(=O)NCCC)CCN(CCN(CC(O)CCCCCCCC)CC(O)CCCCCCCC)CCN(CC(O)CCCCCCCC)CC(O)CCCCCCCC. The van der Waals surface area contributed by atoms with Crippen molar-refractivity contribution in [2.45, 2.75) is 310 Å². The molecule has 11 heteroatoms. The van der Waals surface area contributed by atoms with Crippen molar-refractivity contribution >= 4 is 5.91 Å². The molecule has 0 fully saturated rings. The fourth-order valence-corrected chi connectivity index (χ4v) is 10.4. The highest BCUT2D eigenvalue weighted by Crippen LogP contribution is 2.16. The molecule has 5 atom stereocenters. The number of aliphatic hydroxyl groups is 5. The molecule has 0 aromatic rings. The molecule has 6 N–H and O–H groups in total. The van der Waals surface area contributed by atoms with E-state index < -0.39 is 30.5 Å².